The summed E-state index contributed by atoms with van der Waals surface area (Å²) in [7, 11) is 1.39. The fourth-order valence-electron chi connectivity index (χ4n) is 4.14. The smallest absolute Gasteiger partial charge is 0.322 e. The molecule has 0 spiro atoms. The molecule has 0 saturated heterocycles. The van der Waals surface area contributed by atoms with Gasteiger partial charge in [0.15, 0.2) is 0 Å². The van der Waals surface area contributed by atoms with Gasteiger partial charge >= 0.3 is 5.97 Å². The number of benzene rings is 2. The lowest BCUT2D eigenvalue weighted by molar-refractivity contribution is -0.142. The number of carbonyl (C=O) groups is 1. The van der Waals surface area contributed by atoms with E-state index in [2.05, 4.69) is 27.6 Å². The van der Waals surface area contributed by atoms with Crippen LogP contribution in [0, 0.1) is 11.3 Å². The average molecular weight is 447 g/mol. The van der Waals surface area contributed by atoms with Crippen LogP contribution < -0.4 is 10.1 Å². The zero-order chi connectivity index (χ0) is 23.5. The molecular formula is C25H26N4O4. The molecule has 1 unspecified atom stereocenters. The molecular weight excluding hydrogens is 420 g/mol. The van der Waals surface area contributed by atoms with Gasteiger partial charge in [-0.25, -0.2) is 0 Å². The van der Waals surface area contributed by atoms with Crippen molar-refractivity contribution in [1.29, 1.82) is 5.26 Å². The van der Waals surface area contributed by atoms with Crippen molar-refractivity contribution >= 4 is 5.97 Å². The highest BCUT2D eigenvalue weighted by molar-refractivity contribution is 5.75. The molecule has 170 valence electrons. The third-order valence-corrected chi connectivity index (χ3v) is 5.65. The molecule has 0 fully saturated rings. The molecule has 1 heterocycles. The third kappa shape index (κ3) is 4.59. The molecule has 1 aromatic heterocycles. The van der Waals surface area contributed by atoms with Crippen molar-refractivity contribution in [1.82, 2.24) is 15.5 Å². The Labute approximate surface area is 192 Å². The molecule has 0 saturated carbocycles. The number of methoxy groups -OCH3 is 1. The topological polar surface area (TPSA) is 110 Å². The van der Waals surface area contributed by atoms with E-state index in [-0.39, 0.29) is 18.1 Å². The van der Waals surface area contributed by atoms with Gasteiger partial charge in [-0.1, -0.05) is 23.4 Å². The van der Waals surface area contributed by atoms with Crippen molar-refractivity contribution in [3.63, 3.8) is 0 Å². The molecule has 2 atom stereocenters. The largest absolute Gasteiger partial charge is 0.490 e. The van der Waals surface area contributed by atoms with E-state index >= 15 is 0 Å². The maximum absolute atomic E-state index is 11.8. The van der Waals surface area contributed by atoms with Crippen molar-refractivity contribution in [2.24, 2.45) is 0 Å². The molecule has 33 heavy (non-hydrogen) atoms. The van der Waals surface area contributed by atoms with Gasteiger partial charge in [0.1, 0.15) is 17.9 Å². The van der Waals surface area contributed by atoms with Gasteiger partial charge in [-0.2, -0.15) is 10.2 Å². The highest BCUT2D eigenvalue weighted by Gasteiger charge is 2.29. The predicted molar refractivity (Wildman–Crippen MR) is 121 cm³/mol. The first-order valence-electron chi connectivity index (χ1n) is 10.9. The van der Waals surface area contributed by atoms with Crippen LogP contribution in [-0.2, 0) is 16.0 Å². The predicted octanol–water partition coefficient (Wildman–Crippen LogP) is 4.20. The Morgan fingerprint density at radius 1 is 1.27 bits per heavy atom. The molecule has 1 aliphatic rings. The molecule has 3 aromatic rings. The van der Waals surface area contributed by atoms with Gasteiger partial charge in [-0.15, -0.1) is 0 Å². The molecule has 1 N–H and O–H groups in total. The Kier molecular flexibility index (Phi) is 6.43. The van der Waals surface area contributed by atoms with Crippen LogP contribution in [0.3, 0.4) is 0 Å². The molecule has 8 nitrogen and oxygen atoms in total. The molecule has 2 aromatic carbocycles. The normalized spacial score (nSPS) is 15.7. The first kappa shape index (κ1) is 22.5. The molecule has 0 radical (unpaired) electrons. The molecule has 0 amide bonds. The number of carbonyl (C=O) groups excluding carboxylic acids is 1. The summed E-state index contributed by atoms with van der Waals surface area (Å²) in [6.07, 6.45) is 1.66. The van der Waals surface area contributed by atoms with Crippen molar-refractivity contribution < 1.29 is 18.8 Å². The number of nitriles is 1. The number of nitrogens with zero attached hydrogens (tertiary/aromatic N) is 3. The highest BCUT2D eigenvalue weighted by atomic mass is 16.5. The summed E-state index contributed by atoms with van der Waals surface area (Å²) >= 11 is 0. The van der Waals surface area contributed by atoms with Crippen molar-refractivity contribution in [2.45, 2.75) is 51.8 Å². The lowest BCUT2D eigenvalue weighted by Crippen LogP contribution is -2.36. The highest BCUT2D eigenvalue weighted by Crippen LogP contribution is 2.38. The fourth-order valence-corrected chi connectivity index (χ4v) is 4.14. The summed E-state index contributed by atoms with van der Waals surface area (Å²) in [6, 6.07) is 13.0. The first-order valence-corrected chi connectivity index (χ1v) is 10.9. The van der Waals surface area contributed by atoms with E-state index in [1.165, 1.54) is 7.11 Å². The standard InChI is InChI=1S/C25H26N4O4/c1-14(2)32-22-11-8-16(12-17(22)13-26)24-28-23(29-33-24)20-7-5-6-19-18(20)9-10-21(19)27-15(3)25(30)31-4/h5-8,11-12,14-15,21,27H,9-10H2,1-4H3/t15?,21-/m0/s1. The minimum absolute atomic E-state index is 0.0351. The minimum atomic E-state index is -0.400. The van der Waals surface area contributed by atoms with Crippen LogP contribution in [0.5, 0.6) is 5.75 Å². The van der Waals surface area contributed by atoms with E-state index in [4.69, 9.17) is 14.0 Å². The second-order valence-corrected chi connectivity index (χ2v) is 8.29. The summed E-state index contributed by atoms with van der Waals surface area (Å²) < 4.78 is 16.1. The van der Waals surface area contributed by atoms with E-state index in [1.54, 1.807) is 25.1 Å². The molecule has 1 aliphatic carbocycles. The SMILES string of the molecule is COC(=O)C(C)N[C@H]1CCc2c(-c3noc(-c4ccc(OC(C)C)c(C#N)c4)n3)cccc21. The van der Waals surface area contributed by atoms with E-state index < -0.39 is 6.04 Å². The molecule has 8 heteroatoms. The fraction of sp³-hybridized carbons (Fsp3) is 0.360. The maximum Gasteiger partial charge on any atom is 0.322 e. The van der Waals surface area contributed by atoms with Crippen molar-refractivity contribution in [3.8, 4) is 34.7 Å². The third-order valence-electron chi connectivity index (χ3n) is 5.65. The Balaban J connectivity index is 1.61. The summed E-state index contributed by atoms with van der Waals surface area (Å²) in [6.45, 7) is 5.62. The quantitative estimate of drug-likeness (QED) is 0.538. The van der Waals surface area contributed by atoms with E-state index in [0.29, 0.717) is 28.6 Å². The average Bonchev–Trinajstić information content (AvgIpc) is 3.46. The van der Waals surface area contributed by atoms with Gasteiger partial charge in [0.25, 0.3) is 5.89 Å². The number of hydrogen-bond acceptors (Lipinski definition) is 8. The zero-order valence-corrected chi connectivity index (χ0v) is 19.1. The van der Waals surface area contributed by atoms with Gasteiger partial charge in [-0.3, -0.25) is 10.1 Å². The summed E-state index contributed by atoms with van der Waals surface area (Å²) in [5.41, 5.74) is 4.22. The van der Waals surface area contributed by atoms with Crippen LogP contribution >= 0.6 is 0 Å². The van der Waals surface area contributed by atoms with Crippen molar-refractivity contribution in [2.75, 3.05) is 7.11 Å². The van der Waals surface area contributed by atoms with Crippen LogP contribution in [0.1, 0.15) is 49.9 Å². The Morgan fingerprint density at radius 2 is 2.09 bits per heavy atom. The maximum atomic E-state index is 11.8. The van der Waals surface area contributed by atoms with Gasteiger partial charge in [0.05, 0.1) is 18.8 Å². The van der Waals surface area contributed by atoms with Gasteiger partial charge in [0.2, 0.25) is 5.82 Å². The Morgan fingerprint density at radius 3 is 2.82 bits per heavy atom. The van der Waals surface area contributed by atoms with E-state index in [9.17, 15) is 10.1 Å². The second-order valence-electron chi connectivity index (χ2n) is 8.29. The Bertz CT molecular complexity index is 1210. The van der Waals surface area contributed by atoms with Crippen molar-refractivity contribution in [3.05, 3.63) is 53.1 Å². The minimum Gasteiger partial charge on any atom is -0.490 e. The van der Waals surface area contributed by atoms with Crippen LogP contribution in [0.15, 0.2) is 40.9 Å². The number of aromatic nitrogens is 2. The zero-order valence-electron chi connectivity index (χ0n) is 19.1. The van der Waals surface area contributed by atoms with Crippen LogP contribution in [-0.4, -0.2) is 35.4 Å². The number of hydrogen-bond donors (Lipinski definition) is 1. The number of esters is 1. The van der Waals surface area contributed by atoms with Gasteiger partial charge in [0, 0.05) is 17.2 Å². The van der Waals surface area contributed by atoms with E-state index in [1.807, 2.05) is 26.0 Å². The number of rotatable bonds is 7. The summed E-state index contributed by atoms with van der Waals surface area (Å²) in [5.74, 6) is 1.06. The summed E-state index contributed by atoms with van der Waals surface area (Å²) in [5, 5.41) is 17.0. The monoisotopic (exact) mass is 446 g/mol. The second kappa shape index (κ2) is 9.43. The number of fused-ring (bicyclic) bond motifs is 1. The summed E-state index contributed by atoms with van der Waals surface area (Å²) in [4.78, 5) is 16.4. The van der Waals surface area contributed by atoms with Gasteiger partial charge < -0.3 is 14.0 Å². The Hall–Kier alpha value is -3.70. The number of nitrogens with one attached hydrogen (secondary N) is 1. The lowest BCUT2D eigenvalue weighted by atomic mass is 10.0. The molecule has 0 bridgehead atoms. The molecule has 4 rings (SSSR count). The lowest BCUT2D eigenvalue weighted by Gasteiger charge is -2.18. The van der Waals surface area contributed by atoms with E-state index in [0.717, 1.165) is 29.5 Å². The van der Waals surface area contributed by atoms with Crippen LogP contribution in [0.25, 0.3) is 22.8 Å². The first-order chi connectivity index (χ1) is 15.9. The van der Waals surface area contributed by atoms with Gasteiger partial charge in [-0.05, 0) is 62.9 Å². The number of ether oxygens (including phenoxy) is 2. The molecule has 0 aliphatic heterocycles. The van der Waals surface area contributed by atoms with Crippen LogP contribution in [0.2, 0.25) is 0 Å². The van der Waals surface area contributed by atoms with Crippen LogP contribution in [0.4, 0.5) is 0 Å².